The number of alkyl carbamates (subject to hydrolysis) is 1. The topological polar surface area (TPSA) is 67.9 Å². The van der Waals surface area contributed by atoms with Crippen LogP contribution in [0.3, 0.4) is 0 Å². The van der Waals surface area contributed by atoms with E-state index in [0.717, 1.165) is 0 Å². The lowest BCUT2D eigenvalue weighted by Gasteiger charge is -2.35. The van der Waals surface area contributed by atoms with Gasteiger partial charge in [-0.15, -0.1) is 0 Å². The molecule has 0 bridgehead atoms. The summed E-state index contributed by atoms with van der Waals surface area (Å²) in [6.45, 7) is 10.6. The predicted octanol–water partition coefficient (Wildman–Crippen LogP) is 1.15. The summed E-state index contributed by atoms with van der Waals surface area (Å²) in [6, 6.07) is -0.570. The lowest BCUT2D eigenvalue weighted by Crippen LogP contribution is -2.54. The Bertz CT molecular complexity index is 338. The van der Waals surface area contributed by atoms with Crippen molar-refractivity contribution in [2.24, 2.45) is 0 Å². The molecule has 6 heteroatoms. The maximum absolute atomic E-state index is 12.2. The van der Waals surface area contributed by atoms with E-state index in [2.05, 4.69) is 5.32 Å². The SMILES string of the molecule is C[C@@H]1COCCN1C(=O)[C@@H](C)NC(=O)OC(C)(C)C. The lowest BCUT2D eigenvalue weighted by molar-refractivity contribution is -0.140. The Morgan fingerprint density at radius 1 is 1.42 bits per heavy atom. The van der Waals surface area contributed by atoms with Crippen molar-refractivity contribution in [1.29, 1.82) is 0 Å². The summed E-state index contributed by atoms with van der Waals surface area (Å²) in [7, 11) is 0. The molecule has 1 aliphatic heterocycles. The van der Waals surface area contributed by atoms with Crippen LogP contribution in [0.4, 0.5) is 4.79 Å². The first-order valence-electron chi connectivity index (χ1n) is 6.58. The molecule has 0 aromatic carbocycles. The van der Waals surface area contributed by atoms with Crippen LogP contribution in [0.2, 0.25) is 0 Å². The van der Waals surface area contributed by atoms with Crippen molar-refractivity contribution in [2.45, 2.75) is 52.3 Å². The van der Waals surface area contributed by atoms with Gasteiger partial charge >= 0.3 is 6.09 Å². The Labute approximate surface area is 114 Å². The predicted molar refractivity (Wildman–Crippen MR) is 70.8 cm³/mol. The molecule has 2 amide bonds. The zero-order valence-corrected chi connectivity index (χ0v) is 12.4. The zero-order chi connectivity index (χ0) is 14.6. The average Bonchev–Trinajstić information content (AvgIpc) is 2.26. The summed E-state index contributed by atoms with van der Waals surface area (Å²) < 4.78 is 10.4. The van der Waals surface area contributed by atoms with Gasteiger partial charge in [-0.05, 0) is 34.6 Å². The highest BCUT2D eigenvalue weighted by Crippen LogP contribution is 2.10. The van der Waals surface area contributed by atoms with Crippen LogP contribution in [-0.2, 0) is 14.3 Å². The molecule has 0 aromatic rings. The molecule has 1 N–H and O–H groups in total. The minimum Gasteiger partial charge on any atom is -0.444 e. The summed E-state index contributed by atoms with van der Waals surface area (Å²) in [5, 5.41) is 2.56. The Balaban J connectivity index is 2.50. The van der Waals surface area contributed by atoms with Gasteiger partial charge in [0.2, 0.25) is 5.91 Å². The number of carbonyl (C=O) groups excluding carboxylic acids is 2. The largest absolute Gasteiger partial charge is 0.444 e. The molecule has 0 aliphatic carbocycles. The Morgan fingerprint density at radius 2 is 2.05 bits per heavy atom. The molecule has 110 valence electrons. The van der Waals surface area contributed by atoms with Gasteiger partial charge in [0.1, 0.15) is 11.6 Å². The van der Waals surface area contributed by atoms with E-state index >= 15 is 0 Å². The molecule has 1 rings (SSSR count). The van der Waals surface area contributed by atoms with Crippen LogP contribution in [0, 0.1) is 0 Å². The fraction of sp³-hybridized carbons (Fsp3) is 0.846. The molecule has 0 aromatic heterocycles. The second-order valence-electron chi connectivity index (χ2n) is 5.82. The van der Waals surface area contributed by atoms with Crippen LogP contribution in [0.1, 0.15) is 34.6 Å². The fourth-order valence-electron chi connectivity index (χ4n) is 1.85. The maximum atomic E-state index is 12.2. The van der Waals surface area contributed by atoms with Crippen LogP contribution >= 0.6 is 0 Å². The van der Waals surface area contributed by atoms with E-state index in [1.54, 1.807) is 32.6 Å². The molecule has 1 heterocycles. The molecule has 2 atom stereocenters. The summed E-state index contributed by atoms with van der Waals surface area (Å²) in [4.78, 5) is 25.5. The van der Waals surface area contributed by atoms with Crippen molar-refractivity contribution in [3.63, 3.8) is 0 Å². The van der Waals surface area contributed by atoms with Gasteiger partial charge in [0.05, 0.1) is 19.3 Å². The molecule has 0 spiro atoms. The second kappa shape index (κ2) is 6.23. The van der Waals surface area contributed by atoms with Gasteiger partial charge in [0.25, 0.3) is 0 Å². The normalized spacial score (nSPS) is 21.7. The molecule has 19 heavy (non-hydrogen) atoms. The smallest absolute Gasteiger partial charge is 0.408 e. The quantitative estimate of drug-likeness (QED) is 0.818. The fourth-order valence-corrected chi connectivity index (χ4v) is 1.85. The highest BCUT2D eigenvalue weighted by Gasteiger charge is 2.29. The average molecular weight is 272 g/mol. The highest BCUT2D eigenvalue weighted by molar-refractivity contribution is 5.85. The zero-order valence-electron chi connectivity index (χ0n) is 12.4. The second-order valence-corrected chi connectivity index (χ2v) is 5.82. The van der Waals surface area contributed by atoms with Gasteiger partial charge < -0.3 is 19.7 Å². The Hall–Kier alpha value is -1.30. The molecule has 1 fully saturated rings. The number of hydrogen-bond acceptors (Lipinski definition) is 4. The van der Waals surface area contributed by atoms with Crippen LogP contribution in [0.25, 0.3) is 0 Å². The molecule has 6 nitrogen and oxygen atoms in total. The molecular formula is C13H24N2O4. The van der Waals surface area contributed by atoms with E-state index in [1.807, 2.05) is 6.92 Å². The van der Waals surface area contributed by atoms with Crippen molar-refractivity contribution in [2.75, 3.05) is 19.8 Å². The first-order valence-corrected chi connectivity index (χ1v) is 6.58. The van der Waals surface area contributed by atoms with Gasteiger partial charge in [-0.1, -0.05) is 0 Å². The third-order valence-corrected chi connectivity index (χ3v) is 2.75. The summed E-state index contributed by atoms with van der Waals surface area (Å²) in [6.07, 6.45) is -0.575. The van der Waals surface area contributed by atoms with Gasteiger partial charge in [-0.25, -0.2) is 4.79 Å². The Morgan fingerprint density at radius 3 is 2.58 bits per heavy atom. The summed E-state index contributed by atoms with van der Waals surface area (Å²) in [5.74, 6) is -0.110. The molecular weight excluding hydrogens is 248 g/mol. The lowest BCUT2D eigenvalue weighted by atomic mass is 10.2. The van der Waals surface area contributed by atoms with Gasteiger partial charge in [0.15, 0.2) is 0 Å². The van der Waals surface area contributed by atoms with Crippen molar-refractivity contribution in [3.05, 3.63) is 0 Å². The number of morpholine rings is 1. The molecule has 0 unspecified atom stereocenters. The van der Waals surface area contributed by atoms with Crippen LogP contribution in [-0.4, -0.2) is 54.3 Å². The van der Waals surface area contributed by atoms with E-state index in [4.69, 9.17) is 9.47 Å². The minimum atomic E-state index is -0.601. The highest BCUT2D eigenvalue weighted by atomic mass is 16.6. The van der Waals surface area contributed by atoms with E-state index in [0.29, 0.717) is 19.8 Å². The van der Waals surface area contributed by atoms with Crippen LogP contribution < -0.4 is 5.32 Å². The Kier molecular flexibility index (Phi) is 5.17. The van der Waals surface area contributed by atoms with Gasteiger partial charge in [-0.3, -0.25) is 4.79 Å². The number of hydrogen-bond donors (Lipinski definition) is 1. The number of nitrogens with one attached hydrogen (secondary N) is 1. The maximum Gasteiger partial charge on any atom is 0.408 e. The number of ether oxygens (including phenoxy) is 2. The van der Waals surface area contributed by atoms with E-state index < -0.39 is 17.7 Å². The van der Waals surface area contributed by atoms with Gasteiger partial charge in [-0.2, -0.15) is 0 Å². The molecule has 1 saturated heterocycles. The number of nitrogens with zero attached hydrogens (tertiary/aromatic N) is 1. The number of rotatable bonds is 2. The number of amides is 2. The van der Waals surface area contributed by atoms with Crippen LogP contribution in [0.15, 0.2) is 0 Å². The third-order valence-electron chi connectivity index (χ3n) is 2.75. The summed E-state index contributed by atoms with van der Waals surface area (Å²) in [5.41, 5.74) is -0.570. The molecule has 0 radical (unpaired) electrons. The van der Waals surface area contributed by atoms with Crippen LogP contribution in [0.5, 0.6) is 0 Å². The monoisotopic (exact) mass is 272 g/mol. The molecule has 0 saturated carbocycles. The van der Waals surface area contributed by atoms with Crippen molar-refractivity contribution < 1.29 is 19.1 Å². The molecule has 1 aliphatic rings. The van der Waals surface area contributed by atoms with Gasteiger partial charge in [0, 0.05) is 6.54 Å². The standard InChI is InChI=1S/C13H24N2O4/c1-9-8-18-7-6-15(9)11(16)10(2)14-12(17)19-13(3,4)5/h9-10H,6-8H2,1-5H3,(H,14,17)/t9-,10-/m1/s1. The van der Waals surface area contributed by atoms with Crippen molar-refractivity contribution in [1.82, 2.24) is 10.2 Å². The van der Waals surface area contributed by atoms with E-state index in [-0.39, 0.29) is 11.9 Å². The van der Waals surface area contributed by atoms with E-state index in [1.165, 1.54) is 0 Å². The third kappa shape index (κ3) is 5.06. The number of carbonyl (C=O) groups is 2. The summed E-state index contributed by atoms with van der Waals surface area (Å²) >= 11 is 0. The minimum absolute atomic E-state index is 0.0316. The van der Waals surface area contributed by atoms with Crippen molar-refractivity contribution in [3.8, 4) is 0 Å². The van der Waals surface area contributed by atoms with Crippen molar-refractivity contribution >= 4 is 12.0 Å². The van der Waals surface area contributed by atoms with E-state index in [9.17, 15) is 9.59 Å². The first-order chi connectivity index (χ1) is 8.70. The first kappa shape index (κ1) is 15.8.